The maximum Gasteiger partial charge on any atom is -0.00199 e. The molecule has 0 saturated carbocycles. The molecule has 0 aliphatic carbocycles. The van der Waals surface area contributed by atoms with Crippen LogP contribution in [0.25, 0.3) is 87.2 Å². The average Bonchev–Trinajstić information content (AvgIpc) is 3.09. The maximum atomic E-state index is 2.35. The van der Waals surface area contributed by atoms with Gasteiger partial charge < -0.3 is 0 Å². The second kappa shape index (κ2) is 9.93. The lowest BCUT2D eigenvalue weighted by Crippen LogP contribution is -1.93. The molecule has 9 aromatic rings. The fourth-order valence-electron chi connectivity index (χ4n) is 7.31. The maximum absolute atomic E-state index is 2.35. The van der Waals surface area contributed by atoms with Crippen molar-refractivity contribution >= 4 is 53.9 Å². The van der Waals surface area contributed by atoms with Gasteiger partial charge in [0.05, 0.1) is 0 Å². The normalized spacial score (nSPS) is 11.6. The molecule has 9 rings (SSSR count). The molecule has 0 bridgehead atoms. The van der Waals surface area contributed by atoms with E-state index in [0.29, 0.717) is 0 Å². The molecule has 9 aromatic carbocycles. The van der Waals surface area contributed by atoms with Crippen molar-refractivity contribution in [1.82, 2.24) is 0 Å². The van der Waals surface area contributed by atoms with Crippen LogP contribution >= 0.6 is 0 Å². The standard InChI is InChI=1S/C44H28/c1-2-14-32-28-33(27-26-29(32)12-1)43-37-19-5-7-21-39(37)44(40-22-8-6-20-38(40)43)41-25-11-17-31-16-10-24-36(42(31)41)35-23-9-15-30-13-3-4-18-34(30)35/h1-28H. The molecule has 0 saturated heterocycles. The number of benzene rings is 9. The summed E-state index contributed by atoms with van der Waals surface area (Å²) in [5.41, 5.74) is 7.63. The molecule has 0 heteroatoms. The van der Waals surface area contributed by atoms with E-state index in [0.717, 1.165) is 0 Å². The summed E-state index contributed by atoms with van der Waals surface area (Å²) in [5, 5.41) is 12.7. The Balaban J connectivity index is 1.42. The van der Waals surface area contributed by atoms with Gasteiger partial charge >= 0.3 is 0 Å². The van der Waals surface area contributed by atoms with Crippen LogP contribution in [0.4, 0.5) is 0 Å². The molecule has 0 unspecified atom stereocenters. The van der Waals surface area contributed by atoms with Crippen molar-refractivity contribution in [3.8, 4) is 33.4 Å². The zero-order valence-electron chi connectivity index (χ0n) is 24.2. The highest BCUT2D eigenvalue weighted by atomic mass is 14.2. The largest absolute Gasteiger partial charge is 0.0616 e. The molecule has 0 radical (unpaired) electrons. The Morgan fingerprint density at radius 2 is 0.727 bits per heavy atom. The van der Waals surface area contributed by atoms with Crippen molar-refractivity contribution in [3.05, 3.63) is 170 Å². The number of fused-ring (bicyclic) bond motifs is 5. The Kier molecular flexibility index (Phi) is 5.61. The van der Waals surface area contributed by atoms with Gasteiger partial charge in [-0.1, -0.05) is 164 Å². The van der Waals surface area contributed by atoms with Crippen LogP contribution < -0.4 is 0 Å². The zero-order chi connectivity index (χ0) is 29.0. The fourth-order valence-corrected chi connectivity index (χ4v) is 7.31. The first-order valence-corrected chi connectivity index (χ1v) is 15.3. The Morgan fingerprint density at radius 1 is 0.250 bits per heavy atom. The summed E-state index contributed by atoms with van der Waals surface area (Å²) in [6, 6.07) is 62.3. The van der Waals surface area contributed by atoms with Crippen molar-refractivity contribution in [1.29, 1.82) is 0 Å². The molecule has 0 amide bonds. The van der Waals surface area contributed by atoms with Gasteiger partial charge in [-0.25, -0.2) is 0 Å². The quantitative estimate of drug-likeness (QED) is 0.190. The van der Waals surface area contributed by atoms with Crippen molar-refractivity contribution in [2.45, 2.75) is 0 Å². The summed E-state index contributed by atoms with van der Waals surface area (Å²) >= 11 is 0. The monoisotopic (exact) mass is 556 g/mol. The highest BCUT2D eigenvalue weighted by Crippen LogP contribution is 2.47. The topological polar surface area (TPSA) is 0 Å². The predicted molar refractivity (Wildman–Crippen MR) is 190 cm³/mol. The first kappa shape index (κ1) is 24.8. The molecule has 0 N–H and O–H groups in total. The van der Waals surface area contributed by atoms with Gasteiger partial charge in [0.1, 0.15) is 0 Å². The van der Waals surface area contributed by atoms with Gasteiger partial charge in [0, 0.05) is 0 Å². The van der Waals surface area contributed by atoms with Crippen LogP contribution in [0, 0.1) is 0 Å². The molecule has 0 atom stereocenters. The summed E-state index contributed by atoms with van der Waals surface area (Å²) in [7, 11) is 0. The van der Waals surface area contributed by atoms with Gasteiger partial charge in [0.25, 0.3) is 0 Å². The molecular formula is C44H28. The molecule has 204 valence electrons. The lowest BCUT2D eigenvalue weighted by molar-refractivity contribution is 1.66. The molecule has 0 fully saturated rings. The summed E-state index contributed by atoms with van der Waals surface area (Å²) in [5.74, 6) is 0. The van der Waals surface area contributed by atoms with E-state index >= 15 is 0 Å². The molecule has 0 aliphatic rings. The third kappa shape index (κ3) is 3.78. The minimum atomic E-state index is 1.25. The molecule has 44 heavy (non-hydrogen) atoms. The number of hydrogen-bond acceptors (Lipinski definition) is 0. The first-order chi connectivity index (χ1) is 21.8. The van der Waals surface area contributed by atoms with Gasteiger partial charge in [0.15, 0.2) is 0 Å². The van der Waals surface area contributed by atoms with Crippen LogP contribution in [0.3, 0.4) is 0 Å². The minimum Gasteiger partial charge on any atom is -0.0616 e. The molecule has 0 aromatic heterocycles. The van der Waals surface area contributed by atoms with Crippen LogP contribution in [0.1, 0.15) is 0 Å². The van der Waals surface area contributed by atoms with E-state index in [9.17, 15) is 0 Å². The van der Waals surface area contributed by atoms with E-state index in [1.807, 2.05) is 0 Å². The number of hydrogen-bond donors (Lipinski definition) is 0. The predicted octanol–water partition coefficient (Wildman–Crippen LogP) is 12.5. The lowest BCUT2D eigenvalue weighted by atomic mass is 9.83. The van der Waals surface area contributed by atoms with Crippen molar-refractivity contribution < 1.29 is 0 Å². The van der Waals surface area contributed by atoms with Crippen molar-refractivity contribution in [2.75, 3.05) is 0 Å². The third-order valence-electron chi connectivity index (χ3n) is 9.22. The smallest absolute Gasteiger partial charge is 0.00199 e. The van der Waals surface area contributed by atoms with Crippen LogP contribution in [-0.2, 0) is 0 Å². The Hall–Kier alpha value is -5.72. The zero-order valence-corrected chi connectivity index (χ0v) is 24.2. The second-order valence-corrected chi connectivity index (χ2v) is 11.6. The minimum absolute atomic E-state index is 1.25. The van der Waals surface area contributed by atoms with E-state index in [2.05, 4.69) is 170 Å². The molecule has 0 nitrogen and oxygen atoms in total. The SMILES string of the molecule is c1ccc2cc(-c3c4ccccc4c(-c4cccc5cccc(-c6cccc7ccccc67)c45)c4ccccc34)ccc2c1. The highest BCUT2D eigenvalue weighted by molar-refractivity contribution is 6.25. The molecule has 0 heterocycles. The summed E-state index contributed by atoms with van der Waals surface area (Å²) < 4.78 is 0. The van der Waals surface area contributed by atoms with E-state index < -0.39 is 0 Å². The van der Waals surface area contributed by atoms with Gasteiger partial charge in [-0.15, -0.1) is 0 Å². The van der Waals surface area contributed by atoms with Crippen LogP contribution in [0.5, 0.6) is 0 Å². The fraction of sp³-hybridized carbons (Fsp3) is 0. The Labute approximate surface area is 256 Å². The Morgan fingerprint density at radius 3 is 1.41 bits per heavy atom. The molecular weight excluding hydrogens is 528 g/mol. The van der Waals surface area contributed by atoms with Crippen LogP contribution in [-0.4, -0.2) is 0 Å². The van der Waals surface area contributed by atoms with Crippen molar-refractivity contribution in [2.24, 2.45) is 0 Å². The Bertz CT molecular complexity index is 2480. The first-order valence-electron chi connectivity index (χ1n) is 15.3. The van der Waals surface area contributed by atoms with E-state index in [1.165, 1.54) is 87.2 Å². The van der Waals surface area contributed by atoms with E-state index in [1.54, 1.807) is 0 Å². The van der Waals surface area contributed by atoms with Gasteiger partial charge in [-0.05, 0) is 93.3 Å². The van der Waals surface area contributed by atoms with Crippen LogP contribution in [0.2, 0.25) is 0 Å². The molecule has 0 aliphatic heterocycles. The van der Waals surface area contributed by atoms with Gasteiger partial charge in [-0.3, -0.25) is 0 Å². The third-order valence-corrected chi connectivity index (χ3v) is 9.22. The molecule has 0 spiro atoms. The van der Waals surface area contributed by atoms with Crippen LogP contribution in [0.15, 0.2) is 170 Å². The summed E-state index contributed by atoms with van der Waals surface area (Å²) in [6.07, 6.45) is 0. The van der Waals surface area contributed by atoms with Gasteiger partial charge in [-0.2, -0.15) is 0 Å². The van der Waals surface area contributed by atoms with Crippen molar-refractivity contribution in [3.63, 3.8) is 0 Å². The average molecular weight is 557 g/mol. The highest BCUT2D eigenvalue weighted by Gasteiger charge is 2.19. The second-order valence-electron chi connectivity index (χ2n) is 11.6. The van der Waals surface area contributed by atoms with E-state index in [4.69, 9.17) is 0 Å². The summed E-state index contributed by atoms with van der Waals surface area (Å²) in [6.45, 7) is 0. The number of rotatable bonds is 3. The van der Waals surface area contributed by atoms with E-state index in [-0.39, 0.29) is 0 Å². The lowest BCUT2D eigenvalue weighted by Gasteiger charge is -2.20. The van der Waals surface area contributed by atoms with Gasteiger partial charge in [0.2, 0.25) is 0 Å². The summed E-state index contributed by atoms with van der Waals surface area (Å²) in [4.78, 5) is 0.